The molecule has 0 bridgehead atoms. The van der Waals surface area contributed by atoms with E-state index in [1.54, 1.807) is 19.9 Å². The fraction of sp³-hybridized carbons (Fsp3) is 0.556. The Morgan fingerprint density at radius 3 is 3.07 bits per heavy atom. The number of hydrogen-bond donors (Lipinski definition) is 2. The van der Waals surface area contributed by atoms with Gasteiger partial charge in [-0.25, -0.2) is 4.79 Å². The van der Waals surface area contributed by atoms with Gasteiger partial charge in [0.1, 0.15) is 0 Å². The first kappa shape index (κ1) is 10.7. The third-order valence-electron chi connectivity index (χ3n) is 1.63. The standard InChI is InChI=1S/C9H14N2O3/c1-3-14-9(13)8-5-7(10-11-8)4-6(2)12/h5-6,12H,3-4H2,1-2H3,(H,10,11). The first-order valence-corrected chi connectivity index (χ1v) is 4.53. The lowest BCUT2D eigenvalue weighted by molar-refractivity contribution is 0.0519. The van der Waals surface area contributed by atoms with E-state index in [9.17, 15) is 4.79 Å². The molecule has 0 aliphatic heterocycles. The minimum absolute atomic E-state index is 0.252. The number of H-pyrrole nitrogens is 1. The number of nitrogens with one attached hydrogen (secondary N) is 1. The van der Waals surface area contributed by atoms with Gasteiger partial charge in [-0.15, -0.1) is 0 Å². The Labute approximate surface area is 82.1 Å². The molecule has 5 nitrogen and oxygen atoms in total. The zero-order valence-corrected chi connectivity index (χ0v) is 8.28. The van der Waals surface area contributed by atoms with Gasteiger partial charge >= 0.3 is 5.97 Å². The molecular weight excluding hydrogens is 184 g/mol. The second kappa shape index (κ2) is 4.76. The highest BCUT2D eigenvalue weighted by Gasteiger charge is 2.11. The Bertz CT molecular complexity index is 307. The van der Waals surface area contributed by atoms with Gasteiger partial charge in [-0.05, 0) is 19.9 Å². The lowest BCUT2D eigenvalue weighted by atomic mass is 10.2. The Morgan fingerprint density at radius 1 is 1.79 bits per heavy atom. The summed E-state index contributed by atoms with van der Waals surface area (Å²) < 4.78 is 4.76. The molecule has 1 aromatic heterocycles. The Kier molecular flexibility index (Phi) is 3.64. The van der Waals surface area contributed by atoms with Crippen molar-refractivity contribution in [2.75, 3.05) is 6.61 Å². The second-order valence-corrected chi connectivity index (χ2v) is 3.05. The van der Waals surface area contributed by atoms with Gasteiger partial charge < -0.3 is 9.84 Å². The van der Waals surface area contributed by atoms with Gasteiger partial charge in [-0.3, -0.25) is 5.10 Å². The summed E-state index contributed by atoms with van der Waals surface area (Å²) in [5.74, 6) is -0.444. The van der Waals surface area contributed by atoms with Crippen molar-refractivity contribution < 1.29 is 14.6 Å². The van der Waals surface area contributed by atoms with Crippen molar-refractivity contribution in [2.45, 2.75) is 26.4 Å². The normalized spacial score (nSPS) is 12.5. The van der Waals surface area contributed by atoms with E-state index in [-0.39, 0.29) is 5.69 Å². The summed E-state index contributed by atoms with van der Waals surface area (Å²) in [7, 11) is 0. The number of esters is 1. The summed E-state index contributed by atoms with van der Waals surface area (Å²) in [4.78, 5) is 11.2. The molecule has 78 valence electrons. The van der Waals surface area contributed by atoms with E-state index in [2.05, 4.69) is 10.2 Å². The molecular formula is C9H14N2O3. The molecule has 2 N–H and O–H groups in total. The molecule has 1 atom stereocenters. The molecule has 0 amide bonds. The zero-order chi connectivity index (χ0) is 10.6. The maximum Gasteiger partial charge on any atom is 0.358 e. The Balaban J connectivity index is 2.63. The quantitative estimate of drug-likeness (QED) is 0.691. The van der Waals surface area contributed by atoms with E-state index in [4.69, 9.17) is 9.84 Å². The number of carbonyl (C=O) groups is 1. The first-order chi connectivity index (χ1) is 6.63. The molecule has 0 aliphatic carbocycles. The van der Waals surface area contributed by atoms with Crippen LogP contribution in [0.1, 0.15) is 30.0 Å². The summed E-state index contributed by atoms with van der Waals surface area (Å²) in [5, 5.41) is 15.5. The molecule has 5 heteroatoms. The third kappa shape index (κ3) is 2.85. The molecule has 0 saturated carbocycles. The monoisotopic (exact) mass is 198 g/mol. The van der Waals surface area contributed by atoms with Gasteiger partial charge in [-0.1, -0.05) is 0 Å². The van der Waals surface area contributed by atoms with Gasteiger partial charge in [0.05, 0.1) is 12.7 Å². The topological polar surface area (TPSA) is 75.2 Å². The van der Waals surface area contributed by atoms with E-state index < -0.39 is 12.1 Å². The van der Waals surface area contributed by atoms with Gasteiger partial charge in [-0.2, -0.15) is 5.10 Å². The summed E-state index contributed by atoms with van der Waals surface area (Å²) in [5.41, 5.74) is 0.977. The molecule has 0 radical (unpaired) electrons. The van der Waals surface area contributed by atoms with Crippen molar-refractivity contribution in [1.82, 2.24) is 10.2 Å². The minimum atomic E-state index is -0.453. The molecule has 0 saturated heterocycles. The molecule has 14 heavy (non-hydrogen) atoms. The summed E-state index contributed by atoms with van der Waals surface area (Å²) >= 11 is 0. The van der Waals surface area contributed by atoms with Crippen molar-refractivity contribution in [3.8, 4) is 0 Å². The van der Waals surface area contributed by atoms with Gasteiger partial charge in [0.2, 0.25) is 0 Å². The van der Waals surface area contributed by atoms with Crippen LogP contribution in [0.15, 0.2) is 6.07 Å². The predicted molar refractivity (Wildman–Crippen MR) is 49.9 cm³/mol. The number of hydrogen-bond acceptors (Lipinski definition) is 4. The number of nitrogens with zero attached hydrogens (tertiary/aromatic N) is 1. The van der Waals surface area contributed by atoms with Gasteiger partial charge in [0.15, 0.2) is 5.69 Å². The number of aliphatic hydroxyl groups excluding tert-OH is 1. The number of ether oxygens (including phenoxy) is 1. The van der Waals surface area contributed by atoms with Crippen LogP contribution in [0.4, 0.5) is 0 Å². The summed E-state index contributed by atoms with van der Waals surface area (Å²) in [6.07, 6.45) is -0.00245. The van der Waals surface area contributed by atoms with E-state index in [1.165, 1.54) is 0 Å². The van der Waals surface area contributed by atoms with Crippen LogP contribution >= 0.6 is 0 Å². The van der Waals surface area contributed by atoms with Crippen LogP contribution < -0.4 is 0 Å². The second-order valence-electron chi connectivity index (χ2n) is 3.05. The fourth-order valence-electron chi connectivity index (χ4n) is 1.09. The van der Waals surface area contributed by atoms with Crippen LogP contribution in [0.25, 0.3) is 0 Å². The van der Waals surface area contributed by atoms with Gasteiger partial charge in [0, 0.05) is 12.1 Å². The molecule has 1 aromatic rings. The van der Waals surface area contributed by atoms with Crippen LogP contribution in [0.3, 0.4) is 0 Å². The highest BCUT2D eigenvalue weighted by molar-refractivity contribution is 5.87. The van der Waals surface area contributed by atoms with E-state index in [0.29, 0.717) is 13.0 Å². The SMILES string of the molecule is CCOC(=O)c1cc(CC(C)O)[nH]n1. The van der Waals surface area contributed by atoms with Crippen molar-refractivity contribution in [1.29, 1.82) is 0 Å². The summed E-state index contributed by atoms with van der Waals surface area (Å²) in [6.45, 7) is 3.74. The fourth-order valence-corrected chi connectivity index (χ4v) is 1.09. The highest BCUT2D eigenvalue weighted by Crippen LogP contribution is 2.04. The zero-order valence-electron chi connectivity index (χ0n) is 8.28. The van der Waals surface area contributed by atoms with Gasteiger partial charge in [0.25, 0.3) is 0 Å². The number of aliphatic hydroxyl groups is 1. The van der Waals surface area contributed by atoms with E-state index in [0.717, 1.165) is 5.69 Å². The summed E-state index contributed by atoms with van der Waals surface area (Å²) in [6, 6.07) is 1.59. The maximum absolute atomic E-state index is 11.2. The minimum Gasteiger partial charge on any atom is -0.461 e. The van der Waals surface area contributed by atoms with E-state index >= 15 is 0 Å². The molecule has 1 rings (SSSR count). The molecule has 0 aliphatic rings. The molecule has 1 unspecified atom stereocenters. The molecule has 0 aromatic carbocycles. The smallest absolute Gasteiger partial charge is 0.358 e. The predicted octanol–water partition coefficient (Wildman–Crippen LogP) is 0.510. The van der Waals surface area contributed by atoms with Crippen LogP contribution in [0.2, 0.25) is 0 Å². The number of rotatable bonds is 4. The number of aromatic nitrogens is 2. The van der Waals surface area contributed by atoms with Crippen LogP contribution in [-0.2, 0) is 11.2 Å². The Morgan fingerprint density at radius 2 is 2.50 bits per heavy atom. The molecule has 1 heterocycles. The third-order valence-corrected chi connectivity index (χ3v) is 1.63. The van der Waals surface area contributed by atoms with Crippen molar-refractivity contribution in [3.05, 3.63) is 17.5 Å². The molecule has 0 fully saturated rings. The average Bonchev–Trinajstić information content (AvgIpc) is 2.52. The van der Waals surface area contributed by atoms with Crippen molar-refractivity contribution >= 4 is 5.97 Å². The van der Waals surface area contributed by atoms with E-state index in [1.807, 2.05) is 0 Å². The first-order valence-electron chi connectivity index (χ1n) is 4.53. The number of carbonyl (C=O) groups excluding carboxylic acids is 1. The average molecular weight is 198 g/mol. The molecule has 0 spiro atoms. The lowest BCUT2D eigenvalue weighted by Crippen LogP contribution is -2.05. The number of aromatic amines is 1. The van der Waals surface area contributed by atoms with Crippen LogP contribution in [0, 0.1) is 0 Å². The Hall–Kier alpha value is -1.36. The maximum atomic E-state index is 11.2. The van der Waals surface area contributed by atoms with Crippen LogP contribution in [0.5, 0.6) is 0 Å². The lowest BCUT2D eigenvalue weighted by Gasteiger charge is -1.98. The van der Waals surface area contributed by atoms with Crippen molar-refractivity contribution in [3.63, 3.8) is 0 Å². The largest absolute Gasteiger partial charge is 0.461 e. The van der Waals surface area contributed by atoms with Crippen LogP contribution in [-0.4, -0.2) is 34.0 Å². The highest BCUT2D eigenvalue weighted by atomic mass is 16.5. The van der Waals surface area contributed by atoms with Crippen molar-refractivity contribution in [2.24, 2.45) is 0 Å².